The topological polar surface area (TPSA) is 47.6 Å². The number of fused-ring (bicyclic) bond motifs is 2. The third kappa shape index (κ3) is 3.25. The number of rotatable bonds is 2. The molecule has 1 N–H and O–H groups in total. The Bertz CT molecular complexity index is 837. The molecule has 0 fully saturated rings. The fourth-order valence-electron chi connectivity index (χ4n) is 3.20. The van der Waals surface area contributed by atoms with E-state index in [0.29, 0.717) is 18.8 Å². The first-order valence-corrected chi connectivity index (χ1v) is 8.70. The van der Waals surface area contributed by atoms with Crippen molar-refractivity contribution in [3.05, 3.63) is 64.7 Å². The third-order valence-corrected chi connectivity index (χ3v) is 4.58. The number of benzene rings is 2. The van der Waals surface area contributed by atoms with Crippen LogP contribution in [0.1, 0.15) is 33.5 Å². The molecule has 2 aromatic carbocycles. The molecule has 0 saturated carbocycles. The van der Waals surface area contributed by atoms with E-state index >= 15 is 0 Å². The normalized spacial score (nSPS) is 17.4. The van der Waals surface area contributed by atoms with E-state index in [1.54, 1.807) is 6.08 Å². The molecule has 0 unspecified atom stereocenters. The van der Waals surface area contributed by atoms with Crippen molar-refractivity contribution in [2.24, 2.45) is 0 Å². The molecule has 25 heavy (non-hydrogen) atoms. The summed E-state index contributed by atoms with van der Waals surface area (Å²) >= 11 is 0. The van der Waals surface area contributed by atoms with Crippen molar-refractivity contribution in [3.8, 4) is 11.5 Å². The lowest BCUT2D eigenvalue weighted by atomic mass is 9.95. The van der Waals surface area contributed by atoms with Crippen LogP contribution in [-0.4, -0.2) is 25.5 Å². The fourth-order valence-corrected chi connectivity index (χ4v) is 3.20. The highest BCUT2D eigenvalue weighted by atomic mass is 16.5. The number of allylic oxidation sites excluding steroid dienone is 1. The Kier molecular flexibility index (Phi) is 4.18. The van der Waals surface area contributed by atoms with Crippen molar-refractivity contribution < 1.29 is 14.3 Å². The van der Waals surface area contributed by atoms with Crippen LogP contribution in [0.3, 0.4) is 0 Å². The van der Waals surface area contributed by atoms with E-state index in [2.05, 4.69) is 11.4 Å². The number of nitrogens with one attached hydrogen (secondary N) is 1. The van der Waals surface area contributed by atoms with Crippen LogP contribution >= 0.6 is 0 Å². The molecular weight excluding hydrogens is 314 g/mol. The van der Waals surface area contributed by atoms with Crippen LogP contribution in [0.5, 0.6) is 11.5 Å². The molecule has 4 nitrogen and oxygen atoms in total. The van der Waals surface area contributed by atoms with Crippen LogP contribution in [-0.2, 0) is 6.42 Å². The number of aryl methyl sites for hydroxylation is 1. The Balaban J connectivity index is 1.70. The minimum atomic E-state index is 0.00228. The molecule has 128 valence electrons. The number of ketones is 1. The molecule has 2 aliphatic rings. The van der Waals surface area contributed by atoms with Crippen LogP contribution < -0.4 is 14.8 Å². The summed E-state index contributed by atoms with van der Waals surface area (Å²) in [5, 5.41) is 3.35. The van der Waals surface area contributed by atoms with E-state index in [4.69, 9.17) is 9.47 Å². The highest BCUT2D eigenvalue weighted by molar-refractivity contribution is 6.08. The van der Waals surface area contributed by atoms with Gasteiger partial charge in [-0.25, -0.2) is 0 Å². The Morgan fingerprint density at radius 3 is 2.56 bits per heavy atom. The second-order valence-corrected chi connectivity index (χ2v) is 6.47. The van der Waals surface area contributed by atoms with Gasteiger partial charge in [-0.15, -0.1) is 0 Å². The molecule has 0 aliphatic carbocycles. The molecular formula is C21H21NO3. The Labute approximate surface area is 147 Å². The highest BCUT2D eigenvalue weighted by Crippen LogP contribution is 2.36. The van der Waals surface area contributed by atoms with E-state index in [9.17, 15) is 4.79 Å². The van der Waals surface area contributed by atoms with Gasteiger partial charge in [0.05, 0.1) is 13.2 Å². The smallest absolute Gasteiger partial charge is 0.187 e. The average molecular weight is 335 g/mol. The maximum atomic E-state index is 12.6. The van der Waals surface area contributed by atoms with E-state index < -0.39 is 0 Å². The number of carbonyl (C=O) groups excluding carboxylic acids is 1. The van der Waals surface area contributed by atoms with Gasteiger partial charge < -0.3 is 14.8 Å². The summed E-state index contributed by atoms with van der Waals surface area (Å²) in [5.74, 6) is 1.57. The van der Waals surface area contributed by atoms with Gasteiger partial charge in [0.15, 0.2) is 17.3 Å². The molecule has 4 rings (SSSR count). The SMILES string of the molecule is Cc1ccc(C(=O)/C=C2\NCCc3cc4c(cc32)OCCCO4)cc1. The molecule has 0 radical (unpaired) electrons. The van der Waals surface area contributed by atoms with Gasteiger partial charge in [-0.05, 0) is 31.0 Å². The summed E-state index contributed by atoms with van der Waals surface area (Å²) in [6.07, 6.45) is 3.47. The maximum absolute atomic E-state index is 12.6. The number of hydrogen-bond donors (Lipinski definition) is 1. The van der Waals surface area contributed by atoms with E-state index in [-0.39, 0.29) is 5.78 Å². The summed E-state index contributed by atoms with van der Waals surface area (Å²) in [6.45, 7) is 4.15. The maximum Gasteiger partial charge on any atom is 0.187 e. The van der Waals surface area contributed by atoms with Crippen LogP contribution in [0.2, 0.25) is 0 Å². The van der Waals surface area contributed by atoms with Crippen molar-refractivity contribution >= 4 is 11.5 Å². The van der Waals surface area contributed by atoms with Crippen LogP contribution in [0.25, 0.3) is 5.70 Å². The molecule has 0 spiro atoms. The highest BCUT2D eigenvalue weighted by Gasteiger charge is 2.20. The molecule has 0 atom stereocenters. The second kappa shape index (κ2) is 6.63. The summed E-state index contributed by atoms with van der Waals surface area (Å²) in [7, 11) is 0. The molecule has 2 aromatic rings. The van der Waals surface area contributed by atoms with E-state index in [1.165, 1.54) is 5.56 Å². The molecule has 2 aliphatic heterocycles. The largest absolute Gasteiger partial charge is 0.490 e. The molecule has 4 heteroatoms. The van der Waals surface area contributed by atoms with Crippen molar-refractivity contribution in [2.45, 2.75) is 19.8 Å². The van der Waals surface area contributed by atoms with Gasteiger partial charge in [-0.3, -0.25) is 4.79 Å². The van der Waals surface area contributed by atoms with Gasteiger partial charge in [0.25, 0.3) is 0 Å². The summed E-state index contributed by atoms with van der Waals surface area (Å²) in [4.78, 5) is 12.6. The first-order chi connectivity index (χ1) is 12.2. The Morgan fingerprint density at radius 2 is 1.80 bits per heavy atom. The standard InChI is InChI=1S/C21H21NO3/c1-14-3-5-15(6-4-14)19(23)13-18-17-12-21-20(24-9-2-10-25-21)11-16(17)7-8-22-18/h3-6,11-13,22H,2,7-10H2,1H3/b18-13-. The summed E-state index contributed by atoms with van der Waals surface area (Å²) in [5.41, 5.74) is 4.90. The minimum absolute atomic E-state index is 0.00228. The van der Waals surface area contributed by atoms with Crippen LogP contribution in [0, 0.1) is 6.92 Å². The van der Waals surface area contributed by atoms with Gasteiger partial charge in [-0.1, -0.05) is 29.8 Å². The van der Waals surface area contributed by atoms with Crippen LogP contribution in [0.15, 0.2) is 42.5 Å². The predicted molar refractivity (Wildman–Crippen MR) is 97.2 cm³/mol. The molecule has 0 amide bonds. The first kappa shape index (κ1) is 15.8. The Morgan fingerprint density at radius 1 is 1.08 bits per heavy atom. The predicted octanol–water partition coefficient (Wildman–Crippen LogP) is 3.53. The van der Waals surface area contributed by atoms with Crippen molar-refractivity contribution in [3.63, 3.8) is 0 Å². The third-order valence-electron chi connectivity index (χ3n) is 4.58. The summed E-state index contributed by atoms with van der Waals surface area (Å²) in [6, 6.07) is 11.7. The van der Waals surface area contributed by atoms with Crippen molar-refractivity contribution in [1.82, 2.24) is 5.32 Å². The number of ether oxygens (including phenoxy) is 2. The number of hydrogen-bond acceptors (Lipinski definition) is 4. The fraction of sp³-hybridized carbons (Fsp3) is 0.286. The van der Waals surface area contributed by atoms with Gasteiger partial charge in [0.1, 0.15) is 0 Å². The van der Waals surface area contributed by atoms with Gasteiger partial charge in [0, 0.05) is 35.9 Å². The quantitative estimate of drug-likeness (QED) is 0.674. The number of carbonyl (C=O) groups is 1. The average Bonchev–Trinajstić information content (AvgIpc) is 2.85. The van der Waals surface area contributed by atoms with Crippen LogP contribution in [0.4, 0.5) is 0 Å². The molecule has 0 aromatic heterocycles. The molecule has 2 heterocycles. The zero-order chi connectivity index (χ0) is 17.2. The molecule has 0 saturated heterocycles. The van der Waals surface area contributed by atoms with E-state index in [0.717, 1.165) is 47.7 Å². The van der Waals surface area contributed by atoms with Gasteiger partial charge in [-0.2, -0.15) is 0 Å². The van der Waals surface area contributed by atoms with Crippen molar-refractivity contribution in [2.75, 3.05) is 19.8 Å². The first-order valence-electron chi connectivity index (χ1n) is 8.70. The Hall–Kier alpha value is -2.75. The van der Waals surface area contributed by atoms with Crippen molar-refractivity contribution in [1.29, 1.82) is 0 Å². The minimum Gasteiger partial charge on any atom is -0.490 e. The lowest BCUT2D eigenvalue weighted by Gasteiger charge is -2.23. The zero-order valence-electron chi connectivity index (χ0n) is 14.3. The second-order valence-electron chi connectivity index (χ2n) is 6.47. The molecule has 0 bridgehead atoms. The van der Waals surface area contributed by atoms with Gasteiger partial charge >= 0.3 is 0 Å². The lowest BCUT2D eigenvalue weighted by molar-refractivity contribution is 0.104. The lowest BCUT2D eigenvalue weighted by Crippen LogP contribution is -2.23. The van der Waals surface area contributed by atoms with E-state index in [1.807, 2.05) is 37.3 Å². The monoisotopic (exact) mass is 335 g/mol. The summed E-state index contributed by atoms with van der Waals surface area (Å²) < 4.78 is 11.6. The van der Waals surface area contributed by atoms with Gasteiger partial charge in [0.2, 0.25) is 0 Å². The zero-order valence-corrected chi connectivity index (χ0v) is 14.3.